The molecule has 0 aromatic rings. The Morgan fingerprint density at radius 3 is 1.78 bits per heavy atom. The van der Waals surface area contributed by atoms with Crippen molar-refractivity contribution in [2.75, 3.05) is 0 Å². The van der Waals surface area contributed by atoms with Crippen molar-refractivity contribution in [2.24, 2.45) is 0 Å². The van der Waals surface area contributed by atoms with Crippen LogP contribution in [0.5, 0.6) is 0 Å². The van der Waals surface area contributed by atoms with E-state index >= 15 is 0 Å². The van der Waals surface area contributed by atoms with Gasteiger partial charge in [-0.2, -0.15) is 0 Å². The molecule has 1 saturated heterocycles. The Morgan fingerprint density at radius 2 is 1.67 bits per heavy atom. The molecular formula is C6H13BO2. The van der Waals surface area contributed by atoms with Crippen molar-refractivity contribution in [1.29, 1.82) is 0 Å². The van der Waals surface area contributed by atoms with Gasteiger partial charge in [-0.25, -0.2) is 0 Å². The first-order chi connectivity index (χ1) is 3.91. The number of hydrogen-bond acceptors (Lipinski definition) is 2. The zero-order chi connectivity index (χ0) is 7.12. The van der Waals surface area contributed by atoms with Crippen molar-refractivity contribution in [2.45, 2.75) is 39.0 Å². The monoisotopic (exact) mass is 128 g/mol. The van der Waals surface area contributed by atoms with Crippen molar-refractivity contribution in [3.05, 3.63) is 0 Å². The molecule has 0 radical (unpaired) electrons. The second kappa shape index (κ2) is 1.73. The van der Waals surface area contributed by atoms with E-state index in [0.29, 0.717) is 7.48 Å². The van der Waals surface area contributed by atoms with Gasteiger partial charge in [-0.05, 0) is 27.7 Å². The van der Waals surface area contributed by atoms with Gasteiger partial charge in [0, 0.05) is 0 Å². The molecule has 0 spiro atoms. The van der Waals surface area contributed by atoms with Gasteiger partial charge in [0.1, 0.15) is 5.79 Å². The van der Waals surface area contributed by atoms with Crippen LogP contribution in [0.15, 0.2) is 0 Å². The maximum Gasteiger partial charge on any atom is 0.310 e. The molecule has 0 N–H and O–H groups in total. The number of hydrogen-bond donors (Lipinski definition) is 0. The van der Waals surface area contributed by atoms with Gasteiger partial charge in [-0.15, -0.1) is 0 Å². The minimum atomic E-state index is -0.372. The summed E-state index contributed by atoms with van der Waals surface area (Å²) in [5, 5.41) is 0. The highest BCUT2D eigenvalue weighted by Gasteiger charge is 2.39. The lowest BCUT2D eigenvalue weighted by Crippen LogP contribution is -2.27. The molecule has 1 fully saturated rings. The van der Waals surface area contributed by atoms with Gasteiger partial charge in [-0.3, -0.25) is 0 Å². The molecule has 0 saturated carbocycles. The van der Waals surface area contributed by atoms with Crippen LogP contribution in [0.25, 0.3) is 0 Å². The molecule has 0 amide bonds. The Balaban J connectivity index is 2.58. The third kappa shape index (κ3) is 1.70. The summed E-state index contributed by atoms with van der Waals surface area (Å²) in [7, 11) is 0.694. The van der Waals surface area contributed by atoms with E-state index in [1.807, 2.05) is 27.7 Å². The smallest absolute Gasteiger partial charge is 0.310 e. The minimum absolute atomic E-state index is 0.0938. The van der Waals surface area contributed by atoms with Crippen molar-refractivity contribution in [3.63, 3.8) is 0 Å². The standard InChI is InChI=1S/C6H13BO2/c1-5(2)7-9-6(3,4)8-5/h7H,1-4H3. The second-order valence-electron chi connectivity index (χ2n) is 3.55. The summed E-state index contributed by atoms with van der Waals surface area (Å²) >= 11 is 0. The fraction of sp³-hybridized carbons (Fsp3) is 1.00. The molecule has 0 aromatic heterocycles. The van der Waals surface area contributed by atoms with Crippen molar-refractivity contribution in [1.82, 2.24) is 0 Å². The maximum absolute atomic E-state index is 5.51. The molecule has 52 valence electrons. The van der Waals surface area contributed by atoms with Gasteiger partial charge < -0.3 is 9.39 Å². The molecule has 9 heavy (non-hydrogen) atoms. The highest BCUT2D eigenvalue weighted by Crippen LogP contribution is 2.27. The van der Waals surface area contributed by atoms with Crippen LogP contribution < -0.4 is 0 Å². The van der Waals surface area contributed by atoms with Crippen LogP contribution in [0, 0.1) is 0 Å². The topological polar surface area (TPSA) is 18.5 Å². The Kier molecular flexibility index (Phi) is 1.37. The summed E-state index contributed by atoms with van der Waals surface area (Å²) in [4.78, 5) is 0. The first-order valence-corrected chi connectivity index (χ1v) is 3.25. The molecule has 0 atom stereocenters. The highest BCUT2D eigenvalue weighted by atomic mass is 16.7. The fourth-order valence-corrected chi connectivity index (χ4v) is 1.07. The van der Waals surface area contributed by atoms with Crippen LogP contribution in [0.3, 0.4) is 0 Å². The molecule has 1 rings (SSSR count). The zero-order valence-corrected chi connectivity index (χ0v) is 6.52. The quantitative estimate of drug-likeness (QED) is 0.450. The molecule has 1 aliphatic heterocycles. The molecule has 1 aliphatic rings. The van der Waals surface area contributed by atoms with Crippen LogP contribution in [0.2, 0.25) is 0 Å². The fourth-order valence-electron chi connectivity index (χ4n) is 1.07. The summed E-state index contributed by atoms with van der Waals surface area (Å²) in [6, 6.07) is 0. The lowest BCUT2D eigenvalue weighted by atomic mass is 9.79. The van der Waals surface area contributed by atoms with Gasteiger partial charge in [-0.1, -0.05) is 0 Å². The third-order valence-electron chi connectivity index (χ3n) is 1.29. The molecular weight excluding hydrogens is 115 g/mol. The van der Waals surface area contributed by atoms with Crippen molar-refractivity contribution in [3.8, 4) is 0 Å². The second-order valence-corrected chi connectivity index (χ2v) is 3.55. The number of rotatable bonds is 0. The van der Waals surface area contributed by atoms with Crippen LogP contribution in [0.4, 0.5) is 0 Å². The lowest BCUT2D eigenvalue weighted by Gasteiger charge is -2.21. The highest BCUT2D eigenvalue weighted by molar-refractivity contribution is 6.32. The van der Waals surface area contributed by atoms with E-state index in [4.69, 9.17) is 9.39 Å². The summed E-state index contributed by atoms with van der Waals surface area (Å²) < 4.78 is 10.8. The zero-order valence-electron chi connectivity index (χ0n) is 6.52. The van der Waals surface area contributed by atoms with Gasteiger partial charge in [0.05, 0.1) is 5.50 Å². The largest absolute Gasteiger partial charge is 0.411 e. The molecule has 3 heteroatoms. The SMILES string of the molecule is CC1(C)BOC(C)(C)O1. The lowest BCUT2D eigenvalue weighted by molar-refractivity contribution is -0.148. The van der Waals surface area contributed by atoms with Crippen LogP contribution in [0.1, 0.15) is 27.7 Å². The Morgan fingerprint density at radius 1 is 1.11 bits per heavy atom. The number of ether oxygens (including phenoxy) is 1. The molecule has 1 heterocycles. The van der Waals surface area contributed by atoms with E-state index in [-0.39, 0.29) is 11.3 Å². The van der Waals surface area contributed by atoms with E-state index in [1.165, 1.54) is 0 Å². The average Bonchev–Trinajstić information content (AvgIpc) is 1.78. The predicted molar refractivity (Wildman–Crippen MR) is 37.5 cm³/mol. The van der Waals surface area contributed by atoms with E-state index in [1.54, 1.807) is 0 Å². The first kappa shape index (κ1) is 7.10. The summed E-state index contributed by atoms with van der Waals surface area (Å²) in [5.41, 5.74) is -0.0938. The van der Waals surface area contributed by atoms with Crippen LogP contribution in [-0.2, 0) is 9.39 Å². The van der Waals surface area contributed by atoms with Gasteiger partial charge in [0.2, 0.25) is 0 Å². The Labute approximate surface area is 56.8 Å². The van der Waals surface area contributed by atoms with Gasteiger partial charge in [0.25, 0.3) is 0 Å². The Hall–Kier alpha value is -0.0151. The van der Waals surface area contributed by atoms with Gasteiger partial charge >= 0.3 is 7.48 Å². The van der Waals surface area contributed by atoms with Crippen LogP contribution >= 0.6 is 0 Å². The first-order valence-electron chi connectivity index (χ1n) is 3.25. The molecule has 0 bridgehead atoms. The van der Waals surface area contributed by atoms with E-state index in [9.17, 15) is 0 Å². The van der Waals surface area contributed by atoms with E-state index in [2.05, 4.69) is 0 Å². The minimum Gasteiger partial charge on any atom is -0.411 e. The van der Waals surface area contributed by atoms with Crippen LogP contribution in [-0.4, -0.2) is 18.8 Å². The maximum atomic E-state index is 5.51. The predicted octanol–water partition coefficient (Wildman–Crippen LogP) is 0.857. The average molecular weight is 128 g/mol. The third-order valence-corrected chi connectivity index (χ3v) is 1.29. The Bertz CT molecular complexity index is 106. The summed E-state index contributed by atoms with van der Waals surface area (Å²) in [5.74, 6) is -0.372. The molecule has 2 nitrogen and oxygen atoms in total. The summed E-state index contributed by atoms with van der Waals surface area (Å²) in [6.07, 6.45) is 0. The van der Waals surface area contributed by atoms with E-state index in [0.717, 1.165) is 0 Å². The van der Waals surface area contributed by atoms with Gasteiger partial charge in [0.15, 0.2) is 0 Å². The molecule has 0 unspecified atom stereocenters. The molecule has 0 aliphatic carbocycles. The van der Waals surface area contributed by atoms with Crippen molar-refractivity contribution >= 4 is 7.48 Å². The van der Waals surface area contributed by atoms with E-state index < -0.39 is 0 Å². The molecule has 0 aromatic carbocycles. The normalized spacial score (nSPS) is 29.8. The van der Waals surface area contributed by atoms with Crippen molar-refractivity contribution < 1.29 is 9.39 Å². The summed E-state index contributed by atoms with van der Waals surface area (Å²) in [6.45, 7) is 7.92.